The van der Waals surface area contributed by atoms with Gasteiger partial charge in [-0.15, -0.1) is 0 Å². The van der Waals surface area contributed by atoms with Crippen molar-refractivity contribution < 1.29 is 9.18 Å². The summed E-state index contributed by atoms with van der Waals surface area (Å²) < 4.78 is 13.2. The minimum Gasteiger partial charge on any atom is -0.295 e. The standard InChI is InChI=1S/C10H8ClFO/c1-2-8(13)6-7-4-3-5-9(11)10(7)12/h2-5H,1,6H2. The van der Waals surface area contributed by atoms with Crippen molar-refractivity contribution in [2.75, 3.05) is 0 Å². The van der Waals surface area contributed by atoms with E-state index in [9.17, 15) is 9.18 Å². The molecule has 0 bridgehead atoms. The number of benzene rings is 1. The first-order valence-electron chi connectivity index (χ1n) is 3.73. The van der Waals surface area contributed by atoms with Gasteiger partial charge in [-0.3, -0.25) is 4.79 Å². The predicted molar refractivity (Wildman–Crippen MR) is 50.3 cm³/mol. The van der Waals surface area contributed by atoms with Gasteiger partial charge in [-0.25, -0.2) is 4.39 Å². The van der Waals surface area contributed by atoms with Crippen molar-refractivity contribution in [1.82, 2.24) is 0 Å². The molecule has 0 unspecified atom stereocenters. The van der Waals surface area contributed by atoms with Crippen LogP contribution in [0.25, 0.3) is 0 Å². The molecule has 0 aliphatic heterocycles. The Bertz CT molecular complexity index is 347. The molecule has 0 aromatic heterocycles. The Morgan fingerprint density at radius 1 is 1.62 bits per heavy atom. The molecular weight excluding hydrogens is 191 g/mol. The maximum atomic E-state index is 13.2. The molecule has 68 valence electrons. The van der Waals surface area contributed by atoms with Gasteiger partial charge in [0, 0.05) is 6.42 Å². The van der Waals surface area contributed by atoms with E-state index in [4.69, 9.17) is 11.6 Å². The highest BCUT2D eigenvalue weighted by atomic mass is 35.5. The summed E-state index contributed by atoms with van der Waals surface area (Å²) in [6.07, 6.45) is 1.18. The number of hydrogen-bond donors (Lipinski definition) is 0. The number of carbonyl (C=O) groups excluding carboxylic acids is 1. The number of rotatable bonds is 3. The number of carbonyl (C=O) groups is 1. The lowest BCUT2D eigenvalue weighted by Gasteiger charge is -2.00. The molecular formula is C10H8ClFO. The van der Waals surface area contributed by atoms with Crippen molar-refractivity contribution in [3.05, 3.63) is 47.3 Å². The van der Waals surface area contributed by atoms with Crippen LogP contribution in [0.5, 0.6) is 0 Å². The molecule has 0 heterocycles. The Morgan fingerprint density at radius 2 is 2.31 bits per heavy atom. The fraction of sp³-hybridized carbons (Fsp3) is 0.100. The van der Waals surface area contributed by atoms with Gasteiger partial charge in [-0.1, -0.05) is 30.3 Å². The van der Waals surface area contributed by atoms with Crippen LogP contribution in [0.3, 0.4) is 0 Å². The first-order valence-corrected chi connectivity index (χ1v) is 4.11. The van der Waals surface area contributed by atoms with E-state index in [1.54, 1.807) is 6.07 Å². The van der Waals surface area contributed by atoms with Crippen LogP contribution in [-0.2, 0) is 11.2 Å². The predicted octanol–water partition coefficient (Wildman–Crippen LogP) is 2.78. The van der Waals surface area contributed by atoms with E-state index in [-0.39, 0.29) is 17.2 Å². The topological polar surface area (TPSA) is 17.1 Å². The van der Waals surface area contributed by atoms with Gasteiger partial charge in [-0.2, -0.15) is 0 Å². The van der Waals surface area contributed by atoms with E-state index in [0.717, 1.165) is 0 Å². The summed E-state index contributed by atoms with van der Waals surface area (Å²) >= 11 is 5.53. The SMILES string of the molecule is C=CC(=O)Cc1cccc(Cl)c1F. The van der Waals surface area contributed by atoms with Crippen molar-refractivity contribution in [2.24, 2.45) is 0 Å². The largest absolute Gasteiger partial charge is 0.295 e. The van der Waals surface area contributed by atoms with Crippen LogP contribution in [0.4, 0.5) is 4.39 Å². The van der Waals surface area contributed by atoms with Crippen LogP contribution in [0.1, 0.15) is 5.56 Å². The molecule has 0 spiro atoms. The lowest BCUT2D eigenvalue weighted by Crippen LogP contribution is -2.00. The van der Waals surface area contributed by atoms with Gasteiger partial charge >= 0.3 is 0 Å². The Kier molecular flexibility index (Phi) is 3.20. The molecule has 1 aromatic rings. The highest BCUT2D eigenvalue weighted by Crippen LogP contribution is 2.18. The second-order valence-corrected chi connectivity index (χ2v) is 2.97. The van der Waals surface area contributed by atoms with Gasteiger partial charge in [0.25, 0.3) is 0 Å². The van der Waals surface area contributed by atoms with Gasteiger partial charge in [0.05, 0.1) is 5.02 Å². The summed E-state index contributed by atoms with van der Waals surface area (Å²) in [5, 5.41) is 0.0364. The first kappa shape index (κ1) is 9.93. The molecule has 0 N–H and O–H groups in total. The number of allylic oxidation sites excluding steroid dienone is 1. The first-order chi connectivity index (χ1) is 6.15. The van der Waals surface area contributed by atoms with Crippen molar-refractivity contribution in [3.8, 4) is 0 Å². The molecule has 0 atom stereocenters. The molecule has 0 aliphatic rings. The van der Waals surface area contributed by atoms with E-state index >= 15 is 0 Å². The summed E-state index contributed by atoms with van der Waals surface area (Å²) in [6, 6.07) is 4.58. The van der Waals surface area contributed by atoms with Crippen LogP contribution >= 0.6 is 11.6 Å². The minimum atomic E-state index is -0.528. The average Bonchev–Trinajstić information content (AvgIpc) is 2.13. The van der Waals surface area contributed by atoms with Crippen LogP contribution < -0.4 is 0 Å². The lowest BCUT2D eigenvalue weighted by molar-refractivity contribution is -0.114. The summed E-state index contributed by atoms with van der Waals surface area (Å²) in [5.41, 5.74) is 0.303. The normalized spacial score (nSPS) is 9.69. The maximum absolute atomic E-state index is 13.2. The zero-order valence-electron chi connectivity index (χ0n) is 6.89. The molecule has 13 heavy (non-hydrogen) atoms. The zero-order valence-corrected chi connectivity index (χ0v) is 7.64. The van der Waals surface area contributed by atoms with Gasteiger partial charge in [0.2, 0.25) is 0 Å². The van der Waals surface area contributed by atoms with Crippen LogP contribution in [0, 0.1) is 5.82 Å². The second kappa shape index (κ2) is 4.19. The summed E-state index contributed by atoms with van der Waals surface area (Å²) in [4.78, 5) is 10.9. The highest BCUT2D eigenvalue weighted by Gasteiger charge is 2.07. The number of hydrogen-bond acceptors (Lipinski definition) is 1. The molecule has 0 amide bonds. The van der Waals surface area contributed by atoms with E-state index < -0.39 is 5.82 Å². The zero-order chi connectivity index (χ0) is 9.84. The number of ketones is 1. The van der Waals surface area contributed by atoms with Crippen LogP contribution in [-0.4, -0.2) is 5.78 Å². The molecule has 3 heteroatoms. The second-order valence-electron chi connectivity index (χ2n) is 2.56. The Hall–Kier alpha value is -1.15. The smallest absolute Gasteiger partial charge is 0.159 e. The lowest BCUT2D eigenvalue weighted by atomic mass is 10.1. The van der Waals surface area contributed by atoms with Gasteiger partial charge in [0.1, 0.15) is 5.82 Å². The molecule has 1 nitrogen and oxygen atoms in total. The van der Waals surface area contributed by atoms with Crippen molar-refractivity contribution >= 4 is 17.4 Å². The van der Waals surface area contributed by atoms with Gasteiger partial charge < -0.3 is 0 Å². The third-order valence-electron chi connectivity index (χ3n) is 1.62. The van der Waals surface area contributed by atoms with E-state index in [2.05, 4.69) is 6.58 Å². The maximum Gasteiger partial charge on any atom is 0.159 e. The molecule has 0 saturated heterocycles. The van der Waals surface area contributed by atoms with Crippen LogP contribution in [0.2, 0.25) is 5.02 Å². The molecule has 1 rings (SSSR count). The summed E-state index contributed by atoms with van der Waals surface area (Å²) in [6.45, 7) is 3.30. The molecule has 0 radical (unpaired) electrons. The molecule has 0 fully saturated rings. The quantitative estimate of drug-likeness (QED) is 0.683. The average molecular weight is 199 g/mol. The van der Waals surface area contributed by atoms with E-state index in [0.29, 0.717) is 5.56 Å². The van der Waals surface area contributed by atoms with Crippen molar-refractivity contribution in [2.45, 2.75) is 6.42 Å². The minimum absolute atomic E-state index is 0.00981. The fourth-order valence-electron chi connectivity index (χ4n) is 0.945. The highest BCUT2D eigenvalue weighted by molar-refractivity contribution is 6.30. The third-order valence-corrected chi connectivity index (χ3v) is 1.92. The number of halogens is 2. The molecule has 0 saturated carbocycles. The summed E-state index contributed by atoms with van der Waals surface area (Å²) in [7, 11) is 0. The fourth-order valence-corrected chi connectivity index (χ4v) is 1.14. The van der Waals surface area contributed by atoms with Crippen molar-refractivity contribution in [1.29, 1.82) is 0 Å². The molecule has 1 aromatic carbocycles. The Balaban J connectivity index is 2.95. The van der Waals surface area contributed by atoms with E-state index in [1.165, 1.54) is 18.2 Å². The van der Waals surface area contributed by atoms with Gasteiger partial charge in [-0.05, 0) is 17.7 Å². The van der Waals surface area contributed by atoms with Crippen LogP contribution in [0.15, 0.2) is 30.9 Å². The van der Waals surface area contributed by atoms with E-state index in [1.807, 2.05) is 0 Å². The Labute approximate surface area is 80.8 Å². The Morgan fingerprint density at radius 3 is 2.92 bits per heavy atom. The van der Waals surface area contributed by atoms with Crippen molar-refractivity contribution in [3.63, 3.8) is 0 Å². The third kappa shape index (κ3) is 2.39. The monoisotopic (exact) mass is 198 g/mol. The van der Waals surface area contributed by atoms with Gasteiger partial charge in [0.15, 0.2) is 5.78 Å². The summed E-state index contributed by atoms with van der Waals surface area (Å²) in [5.74, 6) is -0.750. The molecule has 0 aliphatic carbocycles.